The van der Waals surface area contributed by atoms with Crippen LogP contribution in [-0.4, -0.2) is 36.8 Å². The SMILES string of the molecule is CC1=[N+](c2nc(Cl)nc3[nH]cnc23)CCC1. The molecule has 1 N–H and O–H groups in total. The van der Waals surface area contributed by atoms with E-state index in [9.17, 15) is 0 Å². The molecule has 3 rings (SSSR count). The van der Waals surface area contributed by atoms with Crippen molar-refractivity contribution in [3.05, 3.63) is 11.6 Å². The summed E-state index contributed by atoms with van der Waals surface area (Å²) in [6.45, 7) is 3.09. The molecule has 5 nitrogen and oxygen atoms in total. The maximum atomic E-state index is 5.90. The van der Waals surface area contributed by atoms with E-state index in [1.54, 1.807) is 6.33 Å². The second-order valence-corrected chi connectivity index (χ2v) is 4.24. The highest BCUT2D eigenvalue weighted by Gasteiger charge is 2.25. The third kappa shape index (κ3) is 1.39. The molecule has 3 heterocycles. The summed E-state index contributed by atoms with van der Waals surface area (Å²) in [7, 11) is 0. The summed E-state index contributed by atoms with van der Waals surface area (Å²) in [6.07, 6.45) is 3.87. The van der Waals surface area contributed by atoms with Crippen LogP contribution >= 0.6 is 11.6 Å². The summed E-state index contributed by atoms with van der Waals surface area (Å²) in [5.74, 6) is 0.811. The molecule has 0 bridgehead atoms. The molecule has 0 unspecified atom stereocenters. The second kappa shape index (κ2) is 3.52. The van der Waals surface area contributed by atoms with Crippen LogP contribution in [0.5, 0.6) is 0 Å². The Kier molecular flexibility index (Phi) is 2.14. The summed E-state index contributed by atoms with van der Waals surface area (Å²) in [5.41, 5.74) is 2.78. The van der Waals surface area contributed by atoms with E-state index < -0.39 is 0 Å². The molecule has 0 aliphatic carbocycles. The molecule has 2 aromatic rings. The molecule has 0 amide bonds. The lowest BCUT2D eigenvalue weighted by Crippen LogP contribution is -2.09. The maximum absolute atomic E-state index is 5.90. The minimum Gasteiger partial charge on any atom is -0.329 e. The lowest BCUT2D eigenvalue weighted by Gasteiger charge is -1.99. The second-order valence-electron chi connectivity index (χ2n) is 3.91. The molecule has 0 fully saturated rings. The van der Waals surface area contributed by atoms with Crippen molar-refractivity contribution in [2.45, 2.75) is 19.8 Å². The molecule has 0 atom stereocenters. The average molecular weight is 237 g/mol. The largest absolute Gasteiger partial charge is 0.356 e. The molecule has 2 aromatic heterocycles. The predicted molar refractivity (Wildman–Crippen MR) is 61.4 cm³/mol. The van der Waals surface area contributed by atoms with Gasteiger partial charge >= 0.3 is 11.1 Å². The number of imidazole rings is 1. The Hall–Kier alpha value is -1.49. The highest BCUT2D eigenvalue weighted by atomic mass is 35.5. The molecule has 1 aliphatic heterocycles. The van der Waals surface area contributed by atoms with Crippen LogP contribution < -0.4 is 0 Å². The Balaban J connectivity index is 2.30. The van der Waals surface area contributed by atoms with Gasteiger partial charge in [-0.25, -0.2) is 9.56 Å². The molecule has 6 heteroatoms. The van der Waals surface area contributed by atoms with Crippen LogP contribution in [0.25, 0.3) is 11.2 Å². The standard InChI is InChI=1S/C10H11ClN5/c1-6-3-2-4-16(6)9-7-8(13-5-12-7)14-10(11)15-9/h5H,2-4H2,1H3,(H,12,13,14,15)/q+1. The first kappa shape index (κ1) is 9.72. The number of aromatic amines is 1. The molecular weight excluding hydrogens is 226 g/mol. The van der Waals surface area contributed by atoms with E-state index in [2.05, 4.69) is 31.4 Å². The molecule has 0 spiro atoms. The molecule has 16 heavy (non-hydrogen) atoms. The fourth-order valence-corrected chi connectivity index (χ4v) is 2.25. The predicted octanol–water partition coefficient (Wildman–Crippen LogP) is 1.91. The lowest BCUT2D eigenvalue weighted by molar-refractivity contribution is -0.434. The minimum atomic E-state index is 0.256. The van der Waals surface area contributed by atoms with Crippen LogP contribution in [0, 0.1) is 0 Å². The van der Waals surface area contributed by atoms with Crippen molar-refractivity contribution in [1.29, 1.82) is 0 Å². The van der Waals surface area contributed by atoms with Gasteiger partial charge in [-0.05, 0) is 29.9 Å². The van der Waals surface area contributed by atoms with Crippen molar-refractivity contribution in [1.82, 2.24) is 19.9 Å². The monoisotopic (exact) mass is 236 g/mol. The van der Waals surface area contributed by atoms with Crippen LogP contribution in [0.1, 0.15) is 19.8 Å². The zero-order valence-corrected chi connectivity index (χ0v) is 9.62. The number of H-pyrrole nitrogens is 1. The number of hydrogen-bond donors (Lipinski definition) is 1. The van der Waals surface area contributed by atoms with Crippen molar-refractivity contribution in [2.24, 2.45) is 0 Å². The summed E-state index contributed by atoms with van der Waals surface area (Å²) in [4.78, 5) is 15.6. The van der Waals surface area contributed by atoms with Crippen LogP contribution in [0.15, 0.2) is 6.33 Å². The van der Waals surface area contributed by atoms with Gasteiger partial charge in [-0.1, -0.05) is 0 Å². The van der Waals surface area contributed by atoms with Crippen LogP contribution in [0.2, 0.25) is 5.28 Å². The number of fused-ring (bicyclic) bond motifs is 1. The Bertz CT molecular complexity index is 586. The van der Waals surface area contributed by atoms with Gasteiger partial charge in [0.15, 0.2) is 5.65 Å². The van der Waals surface area contributed by atoms with Crippen LogP contribution in [0.4, 0.5) is 5.82 Å². The van der Waals surface area contributed by atoms with Gasteiger partial charge in [0.2, 0.25) is 5.52 Å². The van der Waals surface area contributed by atoms with Crippen molar-refractivity contribution in [2.75, 3.05) is 6.54 Å². The Morgan fingerprint density at radius 3 is 3.06 bits per heavy atom. The third-order valence-electron chi connectivity index (χ3n) is 2.87. The van der Waals surface area contributed by atoms with Crippen LogP contribution in [0.3, 0.4) is 0 Å². The van der Waals surface area contributed by atoms with E-state index >= 15 is 0 Å². The molecule has 0 radical (unpaired) electrons. The topological polar surface area (TPSA) is 57.5 Å². The van der Waals surface area contributed by atoms with E-state index in [0.717, 1.165) is 30.7 Å². The minimum absolute atomic E-state index is 0.256. The van der Waals surface area contributed by atoms with Gasteiger partial charge in [-0.15, -0.1) is 0 Å². The van der Waals surface area contributed by atoms with Gasteiger partial charge in [-0.3, -0.25) is 0 Å². The van der Waals surface area contributed by atoms with Gasteiger partial charge in [-0.2, -0.15) is 4.98 Å². The summed E-state index contributed by atoms with van der Waals surface area (Å²) < 4.78 is 2.16. The first-order chi connectivity index (χ1) is 7.75. The fraction of sp³-hybridized carbons (Fsp3) is 0.400. The van der Waals surface area contributed by atoms with E-state index in [4.69, 9.17) is 11.6 Å². The first-order valence-corrected chi connectivity index (χ1v) is 5.60. The summed E-state index contributed by atoms with van der Waals surface area (Å²) in [5, 5.41) is 0.256. The number of aromatic nitrogens is 4. The number of rotatable bonds is 1. The number of hydrogen-bond acceptors (Lipinski definition) is 3. The summed E-state index contributed by atoms with van der Waals surface area (Å²) in [6, 6.07) is 0. The van der Waals surface area contributed by atoms with Crippen molar-refractivity contribution in [3.8, 4) is 0 Å². The maximum Gasteiger partial charge on any atom is 0.356 e. The average Bonchev–Trinajstić information content (AvgIpc) is 2.84. The third-order valence-corrected chi connectivity index (χ3v) is 3.04. The van der Waals surface area contributed by atoms with Gasteiger partial charge < -0.3 is 4.98 Å². The number of halogens is 1. The first-order valence-electron chi connectivity index (χ1n) is 5.22. The van der Waals surface area contributed by atoms with Crippen molar-refractivity contribution >= 4 is 34.3 Å². The van der Waals surface area contributed by atoms with Gasteiger partial charge in [0.25, 0.3) is 0 Å². The van der Waals surface area contributed by atoms with Gasteiger partial charge in [0.1, 0.15) is 0 Å². The highest BCUT2D eigenvalue weighted by molar-refractivity contribution is 6.28. The molecule has 0 aromatic carbocycles. The molecule has 1 aliphatic rings. The normalized spacial score (nSPS) is 16.4. The van der Waals surface area contributed by atoms with E-state index in [1.165, 1.54) is 5.71 Å². The molecule has 82 valence electrons. The number of nitrogens with one attached hydrogen (secondary N) is 1. The van der Waals surface area contributed by atoms with Crippen molar-refractivity contribution in [3.63, 3.8) is 0 Å². The zero-order chi connectivity index (χ0) is 11.1. The Morgan fingerprint density at radius 1 is 1.44 bits per heavy atom. The lowest BCUT2D eigenvalue weighted by atomic mass is 10.3. The van der Waals surface area contributed by atoms with E-state index in [0.29, 0.717) is 5.65 Å². The smallest absolute Gasteiger partial charge is 0.329 e. The Labute approximate surface area is 97.2 Å². The Morgan fingerprint density at radius 2 is 2.31 bits per heavy atom. The van der Waals surface area contributed by atoms with Gasteiger partial charge in [0, 0.05) is 6.42 Å². The van der Waals surface area contributed by atoms with Crippen LogP contribution in [-0.2, 0) is 0 Å². The molecule has 0 saturated heterocycles. The number of nitrogens with zero attached hydrogens (tertiary/aromatic N) is 4. The fourth-order valence-electron chi connectivity index (χ4n) is 2.09. The van der Waals surface area contributed by atoms with Crippen molar-refractivity contribution < 1.29 is 4.58 Å². The van der Waals surface area contributed by atoms with E-state index in [1.807, 2.05) is 0 Å². The van der Waals surface area contributed by atoms with Gasteiger partial charge in [0.05, 0.1) is 18.6 Å². The summed E-state index contributed by atoms with van der Waals surface area (Å²) >= 11 is 5.90. The molecule has 0 saturated carbocycles. The molecular formula is C10H11ClN5+. The van der Waals surface area contributed by atoms with E-state index in [-0.39, 0.29) is 5.28 Å². The zero-order valence-electron chi connectivity index (χ0n) is 8.87. The quantitative estimate of drug-likeness (QED) is 0.608. The highest BCUT2D eigenvalue weighted by Crippen LogP contribution is 2.24.